The summed E-state index contributed by atoms with van der Waals surface area (Å²) in [6, 6.07) is 0. The molecule has 5 heteroatoms. The summed E-state index contributed by atoms with van der Waals surface area (Å²) >= 11 is 2.43. The molecular weight excluding hydrogens is 376 g/mol. The van der Waals surface area contributed by atoms with Crippen LogP contribution in [-0.2, 0) is 0 Å². The van der Waals surface area contributed by atoms with E-state index in [-0.39, 0.29) is 3.96 Å². The molecule has 0 atom stereocenters. The molecule has 0 spiro atoms. The van der Waals surface area contributed by atoms with Crippen LogP contribution >= 0.6 is 0 Å². The monoisotopic (exact) mass is 390 g/mol. The van der Waals surface area contributed by atoms with E-state index in [2.05, 4.69) is 13.8 Å². The first-order valence-electron chi connectivity index (χ1n) is 2.99. The molecule has 10 heavy (non-hydrogen) atoms. The standard InChI is InChI=1S/C5H10NOSe2Te/c1-3-8-6(5(7)10)9-4-2/h3-4H2,1-2H3. The summed E-state index contributed by atoms with van der Waals surface area (Å²) in [4.78, 5) is 10.9. The molecule has 0 bridgehead atoms. The number of carbonyl (C=O) groups excluding carboxylic acids is 1. The Morgan fingerprint density at radius 3 is 2.00 bits per heavy atom. The van der Waals surface area contributed by atoms with Crippen molar-refractivity contribution in [1.82, 2.24) is 2.93 Å². The van der Waals surface area contributed by atoms with Crippen LogP contribution in [0.25, 0.3) is 0 Å². The molecule has 0 saturated carbocycles. The van der Waals surface area contributed by atoms with Crippen molar-refractivity contribution in [2.75, 3.05) is 0 Å². The molecule has 0 N–H and O–H groups in total. The zero-order valence-electron chi connectivity index (χ0n) is 5.99. The maximum absolute atomic E-state index is 10.9. The second kappa shape index (κ2) is 6.98. The van der Waals surface area contributed by atoms with Crippen molar-refractivity contribution >= 4 is 56.6 Å². The molecule has 0 heterocycles. The fourth-order valence-corrected chi connectivity index (χ4v) is 6.63. The molecule has 0 aliphatic heterocycles. The third kappa shape index (κ3) is 5.02. The molecule has 2 nitrogen and oxygen atoms in total. The quantitative estimate of drug-likeness (QED) is 0.652. The van der Waals surface area contributed by atoms with E-state index >= 15 is 0 Å². The van der Waals surface area contributed by atoms with Gasteiger partial charge in [-0.2, -0.15) is 0 Å². The Morgan fingerprint density at radius 2 is 1.80 bits per heavy atom. The average Bonchev–Trinajstić information content (AvgIpc) is 1.87. The van der Waals surface area contributed by atoms with E-state index < -0.39 is 0 Å². The Labute approximate surface area is 88.1 Å². The summed E-state index contributed by atoms with van der Waals surface area (Å²) in [5.74, 6) is 0. The van der Waals surface area contributed by atoms with Crippen molar-refractivity contribution < 1.29 is 4.79 Å². The van der Waals surface area contributed by atoms with Gasteiger partial charge in [-0.25, -0.2) is 0 Å². The van der Waals surface area contributed by atoms with Crippen LogP contribution in [0.5, 0.6) is 0 Å². The van der Waals surface area contributed by atoms with Gasteiger partial charge in [-0.1, -0.05) is 0 Å². The van der Waals surface area contributed by atoms with Gasteiger partial charge in [0.15, 0.2) is 0 Å². The Kier molecular flexibility index (Phi) is 7.88. The number of nitrogens with zero attached hydrogens (tertiary/aromatic N) is 1. The topological polar surface area (TPSA) is 20.3 Å². The molecule has 0 aliphatic rings. The van der Waals surface area contributed by atoms with Gasteiger partial charge in [-0.05, 0) is 0 Å². The van der Waals surface area contributed by atoms with Crippen molar-refractivity contribution in [2.24, 2.45) is 0 Å². The van der Waals surface area contributed by atoms with Gasteiger partial charge >= 0.3 is 88.8 Å². The number of hydrogen-bond acceptors (Lipinski definition) is 1. The molecule has 0 aromatic carbocycles. The van der Waals surface area contributed by atoms with Gasteiger partial charge in [0.1, 0.15) is 0 Å². The Bertz CT molecular complexity index is 106. The first-order valence-corrected chi connectivity index (χ1v) is 8.11. The van der Waals surface area contributed by atoms with Gasteiger partial charge in [0.2, 0.25) is 0 Å². The Morgan fingerprint density at radius 1 is 1.40 bits per heavy atom. The molecule has 0 aliphatic carbocycles. The van der Waals surface area contributed by atoms with Gasteiger partial charge in [0.25, 0.3) is 0 Å². The van der Waals surface area contributed by atoms with E-state index in [1.165, 1.54) is 0 Å². The number of carbonyl (C=O) groups is 1. The summed E-state index contributed by atoms with van der Waals surface area (Å²) in [6.45, 7) is 4.26. The normalized spacial score (nSPS) is 9.40. The van der Waals surface area contributed by atoms with Crippen LogP contribution in [0.15, 0.2) is 0 Å². The van der Waals surface area contributed by atoms with Gasteiger partial charge < -0.3 is 0 Å². The number of amides is 1. The predicted molar refractivity (Wildman–Crippen MR) is 45.5 cm³/mol. The minimum absolute atomic E-state index is 0.263. The molecule has 1 amide bonds. The van der Waals surface area contributed by atoms with Gasteiger partial charge in [-0.15, -0.1) is 0 Å². The molecule has 1 radical (unpaired) electrons. The van der Waals surface area contributed by atoms with E-state index in [0.29, 0.717) is 30.3 Å². The SMILES string of the molecule is CC[Se]N([Se]CC)C(=O)[Te]. The Hall–Kier alpha value is 1.30. The molecule has 0 unspecified atom stereocenters. The fourth-order valence-electron chi connectivity index (χ4n) is 0.377. The van der Waals surface area contributed by atoms with Gasteiger partial charge in [0.05, 0.1) is 0 Å². The van der Waals surface area contributed by atoms with E-state index in [1.54, 1.807) is 22.3 Å². The second-order valence-electron chi connectivity index (χ2n) is 1.36. The molecule has 0 aromatic rings. The van der Waals surface area contributed by atoms with Crippen LogP contribution in [0.4, 0.5) is 4.79 Å². The van der Waals surface area contributed by atoms with Crippen LogP contribution < -0.4 is 0 Å². The minimum atomic E-state index is 0.263. The van der Waals surface area contributed by atoms with Crippen LogP contribution in [0, 0.1) is 0 Å². The number of rotatable bonds is 4. The average molecular weight is 386 g/mol. The predicted octanol–water partition coefficient (Wildman–Crippen LogP) is 0.692. The third-order valence-corrected chi connectivity index (χ3v) is 7.84. The van der Waals surface area contributed by atoms with Crippen LogP contribution in [0.1, 0.15) is 13.8 Å². The van der Waals surface area contributed by atoms with Gasteiger partial charge in [0, 0.05) is 0 Å². The fraction of sp³-hybridized carbons (Fsp3) is 0.800. The van der Waals surface area contributed by atoms with Crippen LogP contribution in [0.2, 0.25) is 10.6 Å². The third-order valence-electron chi connectivity index (χ3n) is 0.642. The second-order valence-corrected chi connectivity index (χ2v) is 8.57. The van der Waals surface area contributed by atoms with Crippen LogP contribution in [-0.4, -0.2) is 59.5 Å². The first kappa shape index (κ1) is 11.3. The molecule has 0 aromatic heterocycles. The van der Waals surface area contributed by atoms with Crippen molar-refractivity contribution in [2.45, 2.75) is 24.5 Å². The Balaban J connectivity index is 3.61. The van der Waals surface area contributed by atoms with E-state index in [9.17, 15) is 4.79 Å². The summed E-state index contributed by atoms with van der Waals surface area (Å²) in [5.41, 5.74) is 0. The summed E-state index contributed by atoms with van der Waals surface area (Å²) in [5, 5.41) is 2.27. The van der Waals surface area contributed by atoms with Crippen molar-refractivity contribution in [3.05, 3.63) is 0 Å². The summed E-state index contributed by atoms with van der Waals surface area (Å²) < 4.78 is 2.28. The first-order chi connectivity index (χ1) is 4.72. The zero-order chi connectivity index (χ0) is 7.98. The van der Waals surface area contributed by atoms with E-state index in [0.717, 1.165) is 10.6 Å². The molecular formula is C5H10NOSe2Te. The van der Waals surface area contributed by atoms with Gasteiger partial charge in [-0.3, -0.25) is 0 Å². The molecule has 0 rings (SSSR count). The van der Waals surface area contributed by atoms with E-state index in [4.69, 9.17) is 0 Å². The maximum atomic E-state index is 10.9. The number of hydrogen-bond donors (Lipinski definition) is 0. The summed E-state index contributed by atoms with van der Waals surface area (Å²) in [7, 11) is 0. The van der Waals surface area contributed by atoms with Crippen molar-refractivity contribution in [1.29, 1.82) is 0 Å². The van der Waals surface area contributed by atoms with Crippen molar-refractivity contribution in [3.63, 3.8) is 0 Å². The summed E-state index contributed by atoms with van der Waals surface area (Å²) in [6.07, 6.45) is 0. The van der Waals surface area contributed by atoms with Crippen molar-refractivity contribution in [3.8, 4) is 0 Å². The molecule has 59 valence electrons. The van der Waals surface area contributed by atoms with Crippen LogP contribution in [0.3, 0.4) is 0 Å². The molecule has 0 fully saturated rings. The molecule has 0 saturated heterocycles. The van der Waals surface area contributed by atoms with E-state index in [1.807, 2.05) is 2.93 Å². The zero-order valence-corrected chi connectivity index (χ0v) is 11.8.